The number of ether oxygens (including phenoxy) is 1. The average Bonchev–Trinajstić information content (AvgIpc) is 3.33. The molecular weight excluding hydrogens is 432 g/mol. The number of carbonyl (C=O) groups is 4. The molecule has 5 rings (SSSR count). The van der Waals surface area contributed by atoms with Crippen molar-refractivity contribution in [2.75, 3.05) is 16.3 Å². The van der Waals surface area contributed by atoms with Crippen molar-refractivity contribution in [3.63, 3.8) is 0 Å². The SMILES string of the molecule is Cc1ccc(C)c(N2C[C@@H](C(=O)Oc3cccc(N4C(=O)c5ccccc5C4=O)c3)CC2=O)c1. The molecule has 0 bridgehead atoms. The number of anilines is 2. The molecular formula is C27H22N2O5. The van der Waals surface area contributed by atoms with Gasteiger partial charge in [0.15, 0.2) is 0 Å². The Morgan fingerprint density at radius 1 is 0.882 bits per heavy atom. The van der Waals surface area contributed by atoms with E-state index in [0.717, 1.165) is 21.7 Å². The van der Waals surface area contributed by atoms with Crippen LogP contribution < -0.4 is 14.5 Å². The Hall–Kier alpha value is -4.26. The van der Waals surface area contributed by atoms with Gasteiger partial charge in [0.1, 0.15) is 5.75 Å². The lowest BCUT2D eigenvalue weighted by Gasteiger charge is -2.19. The Morgan fingerprint density at radius 3 is 2.29 bits per heavy atom. The zero-order valence-electron chi connectivity index (χ0n) is 18.8. The van der Waals surface area contributed by atoms with Crippen LogP contribution in [0, 0.1) is 19.8 Å². The third kappa shape index (κ3) is 3.65. The zero-order chi connectivity index (χ0) is 24.0. The molecule has 3 amide bonds. The minimum Gasteiger partial charge on any atom is -0.426 e. The first-order valence-electron chi connectivity index (χ1n) is 11.0. The summed E-state index contributed by atoms with van der Waals surface area (Å²) in [4.78, 5) is 53.8. The van der Waals surface area contributed by atoms with E-state index >= 15 is 0 Å². The van der Waals surface area contributed by atoms with Gasteiger partial charge in [-0.25, -0.2) is 4.90 Å². The van der Waals surface area contributed by atoms with Crippen molar-refractivity contribution in [1.82, 2.24) is 0 Å². The first kappa shape index (κ1) is 21.6. The largest absolute Gasteiger partial charge is 0.426 e. The van der Waals surface area contributed by atoms with Crippen LogP contribution in [0.3, 0.4) is 0 Å². The number of aryl methyl sites for hydroxylation is 2. The molecule has 170 valence electrons. The highest BCUT2D eigenvalue weighted by Gasteiger charge is 2.38. The van der Waals surface area contributed by atoms with E-state index in [-0.39, 0.29) is 24.6 Å². The van der Waals surface area contributed by atoms with Crippen LogP contribution in [0.15, 0.2) is 66.7 Å². The number of imide groups is 1. The van der Waals surface area contributed by atoms with E-state index in [2.05, 4.69) is 0 Å². The van der Waals surface area contributed by atoms with Crippen LogP contribution in [-0.4, -0.2) is 30.2 Å². The van der Waals surface area contributed by atoms with Crippen molar-refractivity contribution in [2.24, 2.45) is 5.92 Å². The van der Waals surface area contributed by atoms with Gasteiger partial charge in [0.25, 0.3) is 11.8 Å². The molecule has 34 heavy (non-hydrogen) atoms. The molecule has 1 fully saturated rings. The molecule has 0 unspecified atom stereocenters. The van der Waals surface area contributed by atoms with E-state index in [9.17, 15) is 19.2 Å². The monoisotopic (exact) mass is 454 g/mol. The smallest absolute Gasteiger partial charge is 0.316 e. The lowest BCUT2D eigenvalue weighted by molar-refractivity contribution is -0.139. The first-order valence-corrected chi connectivity index (χ1v) is 11.0. The normalized spacial score (nSPS) is 17.4. The number of hydrogen-bond acceptors (Lipinski definition) is 5. The Kier molecular flexibility index (Phi) is 5.24. The molecule has 0 spiro atoms. The van der Waals surface area contributed by atoms with Crippen molar-refractivity contribution in [3.05, 3.63) is 89.0 Å². The quantitative estimate of drug-likeness (QED) is 0.337. The van der Waals surface area contributed by atoms with Crippen LogP contribution in [0.4, 0.5) is 11.4 Å². The van der Waals surface area contributed by atoms with E-state index < -0.39 is 23.7 Å². The third-order valence-corrected chi connectivity index (χ3v) is 6.20. The topological polar surface area (TPSA) is 84.0 Å². The van der Waals surface area contributed by atoms with Crippen molar-refractivity contribution in [1.29, 1.82) is 0 Å². The van der Waals surface area contributed by atoms with E-state index in [1.807, 2.05) is 32.0 Å². The highest BCUT2D eigenvalue weighted by molar-refractivity contribution is 6.34. The van der Waals surface area contributed by atoms with Gasteiger partial charge in [-0.2, -0.15) is 0 Å². The van der Waals surface area contributed by atoms with Gasteiger partial charge < -0.3 is 9.64 Å². The lowest BCUT2D eigenvalue weighted by atomic mass is 10.1. The lowest BCUT2D eigenvalue weighted by Crippen LogP contribution is -2.29. The standard InChI is InChI=1S/C27H22N2O5/c1-16-10-11-17(2)23(12-16)28-15-18(13-24(28)30)27(33)34-20-7-5-6-19(14-20)29-25(31)21-8-3-4-9-22(21)26(29)32/h3-12,14,18H,13,15H2,1-2H3/t18-/m0/s1. The van der Waals surface area contributed by atoms with E-state index in [1.165, 1.54) is 6.07 Å². The fourth-order valence-electron chi connectivity index (χ4n) is 4.42. The second kappa shape index (κ2) is 8.26. The Morgan fingerprint density at radius 2 is 1.59 bits per heavy atom. The number of carbonyl (C=O) groups excluding carboxylic acids is 4. The molecule has 3 aromatic carbocycles. The molecule has 7 nitrogen and oxygen atoms in total. The molecule has 2 heterocycles. The fourth-order valence-corrected chi connectivity index (χ4v) is 4.42. The summed E-state index contributed by atoms with van der Waals surface area (Å²) in [6, 6.07) is 18.8. The number of benzene rings is 3. The molecule has 1 atom stereocenters. The summed E-state index contributed by atoms with van der Waals surface area (Å²) in [5, 5.41) is 0. The minimum atomic E-state index is -0.615. The molecule has 0 N–H and O–H groups in total. The Balaban J connectivity index is 1.32. The molecule has 7 heteroatoms. The number of esters is 1. The predicted molar refractivity (Wildman–Crippen MR) is 126 cm³/mol. The van der Waals surface area contributed by atoms with Gasteiger partial charge in [-0.3, -0.25) is 19.2 Å². The fraction of sp³-hybridized carbons (Fsp3) is 0.185. The van der Waals surface area contributed by atoms with Crippen LogP contribution in [0.2, 0.25) is 0 Å². The Labute approximate surface area is 196 Å². The number of amides is 3. The first-order chi connectivity index (χ1) is 16.3. The van der Waals surface area contributed by atoms with Crippen molar-refractivity contribution in [2.45, 2.75) is 20.3 Å². The van der Waals surface area contributed by atoms with Gasteiger partial charge in [0.2, 0.25) is 5.91 Å². The van der Waals surface area contributed by atoms with Gasteiger partial charge in [-0.05, 0) is 55.3 Å². The van der Waals surface area contributed by atoms with E-state index in [1.54, 1.807) is 47.4 Å². The maximum absolute atomic E-state index is 12.9. The van der Waals surface area contributed by atoms with Gasteiger partial charge in [0.05, 0.1) is 22.7 Å². The summed E-state index contributed by atoms with van der Waals surface area (Å²) >= 11 is 0. The number of hydrogen-bond donors (Lipinski definition) is 0. The van der Waals surface area contributed by atoms with Crippen LogP contribution in [-0.2, 0) is 9.59 Å². The van der Waals surface area contributed by atoms with Crippen LogP contribution in [0.5, 0.6) is 5.75 Å². The van der Waals surface area contributed by atoms with Gasteiger partial charge in [-0.15, -0.1) is 0 Å². The summed E-state index contributed by atoms with van der Waals surface area (Å²) in [5.41, 5.74) is 3.78. The maximum Gasteiger partial charge on any atom is 0.316 e. The molecule has 0 saturated carbocycles. The summed E-state index contributed by atoms with van der Waals surface area (Å²) in [7, 11) is 0. The minimum absolute atomic E-state index is 0.0598. The summed E-state index contributed by atoms with van der Waals surface area (Å²) in [5.74, 6) is -1.91. The molecule has 0 aromatic heterocycles. The maximum atomic E-state index is 12.9. The molecule has 2 aliphatic rings. The molecule has 3 aromatic rings. The number of nitrogens with zero attached hydrogens (tertiary/aromatic N) is 2. The molecule has 0 aliphatic carbocycles. The highest BCUT2D eigenvalue weighted by Crippen LogP contribution is 2.32. The van der Waals surface area contributed by atoms with Gasteiger partial charge >= 0.3 is 5.97 Å². The third-order valence-electron chi connectivity index (χ3n) is 6.20. The van der Waals surface area contributed by atoms with Crippen molar-refractivity contribution < 1.29 is 23.9 Å². The molecule has 2 aliphatic heterocycles. The second-order valence-corrected chi connectivity index (χ2v) is 8.61. The second-order valence-electron chi connectivity index (χ2n) is 8.61. The number of fused-ring (bicyclic) bond motifs is 1. The van der Waals surface area contributed by atoms with Crippen LogP contribution in [0.25, 0.3) is 0 Å². The number of rotatable bonds is 4. The predicted octanol–water partition coefficient (Wildman–Crippen LogP) is 4.06. The molecule has 1 saturated heterocycles. The van der Waals surface area contributed by atoms with Crippen molar-refractivity contribution in [3.8, 4) is 5.75 Å². The average molecular weight is 454 g/mol. The summed E-state index contributed by atoms with van der Waals surface area (Å²) in [6.07, 6.45) is 0.0598. The molecule has 0 radical (unpaired) electrons. The van der Waals surface area contributed by atoms with Crippen LogP contribution in [0.1, 0.15) is 38.3 Å². The zero-order valence-corrected chi connectivity index (χ0v) is 18.8. The van der Waals surface area contributed by atoms with Gasteiger partial charge in [-0.1, -0.05) is 30.3 Å². The Bertz CT molecular complexity index is 1330. The van der Waals surface area contributed by atoms with E-state index in [4.69, 9.17) is 4.74 Å². The van der Waals surface area contributed by atoms with Crippen molar-refractivity contribution >= 4 is 35.1 Å². The van der Waals surface area contributed by atoms with Gasteiger partial charge in [0, 0.05) is 24.7 Å². The summed E-state index contributed by atoms with van der Waals surface area (Å²) in [6.45, 7) is 4.12. The highest BCUT2D eigenvalue weighted by atomic mass is 16.5. The van der Waals surface area contributed by atoms with E-state index in [0.29, 0.717) is 16.8 Å². The van der Waals surface area contributed by atoms with Crippen LogP contribution >= 0.6 is 0 Å². The summed E-state index contributed by atoms with van der Waals surface area (Å²) < 4.78 is 5.57.